The highest BCUT2D eigenvalue weighted by molar-refractivity contribution is 6.32. The minimum Gasteiger partial charge on any atom is -0.462 e. The van der Waals surface area contributed by atoms with Crippen LogP contribution in [0, 0.1) is 23.3 Å². The Morgan fingerprint density at radius 3 is 2.13 bits per heavy atom. The summed E-state index contributed by atoms with van der Waals surface area (Å²) in [5, 5.41) is -3.34. The predicted octanol–water partition coefficient (Wildman–Crippen LogP) is 3.60. The van der Waals surface area contributed by atoms with Gasteiger partial charge in [-0.05, 0) is 12.3 Å². The van der Waals surface area contributed by atoms with E-state index in [9.17, 15) is 36.1 Å². The van der Waals surface area contributed by atoms with Crippen molar-refractivity contribution >= 4 is 23.4 Å². The highest BCUT2D eigenvalue weighted by atomic mass is 35.5. The molecular formula is C12H6ClF6NO3. The lowest BCUT2D eigenvalue weighted by molar-refractivity contribution is -0.139. The maximum absolute atomic E-state index is 13.7. The van der Waals surface area contributed by atoms with E-state index in [0.717, 1.165) is 0 Å². The molecule has 0 atom stereocenters. The zero-order chi connectivity index (χ0) is 17.9. The van der Waals surface area contributed by atoms with Crippen molar-refractivity contribution in [3.63, 3.8) is 0 Å². The number of benzene rings is 1. The molecule has 0 N–H and O–H groups in total. The van der Waals surface area contributed by atoms with Gasteiger partial charge in [-0.2, -0.15) is 0 Å². The Hall–Kier alpha value is -2.23. The molecule has 0 aliphatic rings. The van der Waals surface area contributed by atoms with Crippen molar-refractivity contribution < 1.29 is 40.9 Å². The fourth-order valence-corrected chi connectivity index (χ4v) is 1.63. The third-order valence-corrected chi connectivity index (χ3v) is 2.74. The first-order valence-electron chi connectivity index (χ1n) is 5.69. The second-order valence-electron chi connectivity index (χ2n) is 3.80. The van der Waals surface area contributed by atoms with Crippen LogP contribution >= 0.6 is 11.6 Å². The molecule has 0 bridgehead atoms. The minimum absolute atomic E-state index is 0.356. The summed E-state index contributed by atoms with van der Waals surface area (Å²) >= 11 is 5.05. The van der Waals surface area contributed by atoms with Crippen LogP contribution in [-0.4, -0.2) is 23.7 Å². The fraction of sp³-hybridized carbons (Fsp3) is 0.167. The Balaban J connectivity index is 3.56. The van der Waals surface area contributed by atoms with Crippen molar-refractivity contribution in [3.05, 3.63) is 45.6 Å². The summed E-state index contributed by atoms with van der Waals surface area (Å²) in [6.07, 6.45) is -0.394. The number of rotatable bonds is 5. The largest absolute Gasteiger partial charge is 0.462 e. The minimum atomic E-state index is -2.33. The van der Waals surface area contributed by atoms with Gasteiger partial charge in [0.05, 0.1) is 18.4 Å². The van der Waals surface area contributed by atoms with E-state index >= 15 is 0 Å². The summed E-state index contributed by atoms with van der Waals surface area (Å²) in [6.45, 7) is 0.907. The van der Waals surface area contributed by atoms with Crippen LogP contribution in [0.5, 0.6) is 0 Å². The molecular weight excluding hydrogens is 356 g/mol. The predicted molar refractivity (Wildman–Crippen MR) is 64.4 cm³/mol. The van der Waals surface area contributed by atoms with Crippen LogP contribution in [0.25, 0.3) is 0 Å². The van der Waals surface area contributed by atoms with Crippen molar-refractivity contribution in [3.8, 4) is 0 Å². The third kappa shape index (κ3) is 3.76. The molecule has 0 heterocycles. The summed E-state index contributed by atoms with van der Waals surface area (Å²) in [5.74, 6) is -12.4. The summed E-state index contributed by atoms with van der Waals surface area (Å²) in [4.78, 5) is 23.3. The smallest absolute Gasteiger partial charge is 0.343 e. The van der Waals surface area contributed by atoms with Crippen LogP contribution in [0.4, 0.5) is 26.5 Å². The number of nitrogens with zero attached hydrogens (tertiary/aromatic N) is 1. The van der Waals surface area contributed by atoms with Crippen molar-refractivity contribution in [2.75, 3.05) is 6.61 Å². The van der Waals surface area contributed by atoms with Crippen LogP contribution in [0.3, 0.4) is 0 Å². The third-order valence-electron chi connectivity index (χ3n) is 2.40. The molecule has 0 radical (unpaired) electrons. The van der Waals surface area contributed by atoms with E-state index in [2.05, 4.69) is 4.74 Å². The average Bonchev–Trinajstić information content (AvgIpc) is 2.48. The fourth-order valence-electron chi connectivity index (χ4n) is 1.45. The summed E-state index contributed by atoms with van der Waals surface area (Å²) in [5.41, 5.74) is -3.33. The molecule has 1 aromatic rings. The average molecular weight is 362 g/mol. The molecule has 1 aromatic carbocycles. The molecule has 0 unspecified atom stereocenters. The van der Waals surface area contributed by atoms with Gasteiger partial charge in [-0.25, -0.2) is 22.4 Å². The molecule has 0 aliphatic heterocycles. The van der Waals surface area contributed by atoms with E-state index in [-0.39, 0.29) is 6.61 Å². The van der Waals surface area contributed by atoms with Gasteiger partial charge in [-0.3, -0.25) is 4.79 Å². The van der Waals surface area contributed by atoms with Crippen molar-refractivity contribution in [2.45, 2.75) is 6.92 Å². The molecule has 4 nitrogen and oxygen atoms in total. The lowest BCUT2D eigenvalue weighted by atomic mass is 10.0. The maximum atomic E-state index is 13.7. The molecule has 126 valence electrons. The van der Waals surface area contributed by atoms with Gasteiger partial charge in [0, 0.05) is 0 Å². The summed E-state index contributed by atoms with van der Waals surface area (Å²) < 4.78 is 82.3. The molecule has 0 fully saturated rings. The highest BCUT2D eigenvalue weighted by Crippen LogP contribution is 2.29. The summed E-state index contributed by atoms with van der Waals surface area (Å²) in [7, 11) is 0. The first-order valence-corrected chi connectivity index (χ1v) is 6.07. The molecule has 0 saturated carbocycles. The monoisotopic (exact) mass is 361 g/mol. The second kappa shape index (κ2) is 7.36. The number of Topliss-reactive ketones (excluding diaryl/α,β-unsaturated/α-hetero) is 1. The topological polar surface area (TPSA) is 46.6 Å². The normalized spacial score (nSPS) is 11.4. The van der Waals surface area contributed by atoms with E-state index in [1.165, 1.54) is 6.92 Å². The van der Waals surface area contributed by atoms with Gasteiger partial charge in [-0.15, -0.1) is 0 Å². The van der Waals surface area contributed by atoms with E-state index in [0.29, 0.717) is 0 Å². The van der Waals surface area contributed by atoms with E-state index < -0.39 is 62.7 Å². The number of esters is 1. The Labute approximate surface area is 129 Å². The highest BCUT2D eigenvalue weighted by Gasteiger charge is 2.33. The number of ether oxygens (including phenoxy) is 1. The first-order chi connectivity index (χ1) is 10.6. The molecule has 0 aliphatic carbocycles. The van der Waals surface area contributed by atoms with Crippen molar-refractivity contribution in [1.82, 2.24) is 5.34 Å². The van der Waals surface area contributed by atoms with Gasteiger partial charge in [0.25, 0.3) is 0 Å². The molecule has 0 amide bonds. The van der Waals surface area contributed by atoms with Gasteiger partial charge in [0.15, 0.2) is 23.3 Å². The van der Waals surface area contributed by atoms with E-state index in [1.54, 1.807) is 0 Å². The van der Waals surface area contributed by atoms with Crippen LogP contribution in [0.1, 0.15) is 17.3 Å². The molecule has 23 heavy (non-hydrogen) atoms. The van der Waals surface area contributed by atoms with Crippen LogP contribution in [0.15, 0.2) is 11.8 Å². The Morgan fingerprint density at radius 1 is 1.09 bits per heavy atom. The Kier molecular flexibility index (Phi) is 6.02. The van der Waals surface area contributed by atoms with Gasteiger partial charge < -0.3 is 4.74 Å². The lowest BCUT2D eigenvalue weighted by Crippen LogP contribution is -2.21. The SMILES string of the molecule is CCOC(=O)C(=CN(F)F)C(=O)c1c(F)c(F)c(F)c(Cl)c1F. The first kappa shape index (κ1) is 18.8. The maximum Gasteiger partial charge on any atom is 0.343 e. The number of carbonyl (C=O) groups is 2. The molecule has 0 aromatic heterocycles. The van der Waals surface area contributed by atoms with Crippen LogP contribution < -0.4 is 0 Å². The number of hydrogen-bond donors (Lipinski definition) is 0. The van der Waals surface area contributed by atoms with Crippen LogP contribution in [-0.2, 0) is 9.53 Å². The number of halogens is 7. The van der Waals surface area contributed by atoms with Gasteiger partial charge in [0.1, 0.15) is 10.6 Å². The number of ketones is 1. The number of carbonyl (C=O) groups excluding carboxylic acids is 2. The van der Waals surface area contributed by atoms with E-state index in [1.807, 2.05) is 0 Å². The molecule has 0 saturated heterocycles. The lowest BCUT2D eigenvalue weighted by Gasteiger charge is -2.10. The van der Waals surface area contributed by atoms with Gasteiger partial charge in [0.2, 0.25) is 5.78 Å². The standard InChI is InChI=1S/C12H6ClF6NO3/c1-2-23-12(22)4(3-20(18)19)11(21)5-7(14)6(13)9(16)10(17)8(5)15/h3H,2H2,1H3. The second-order valence-corrected chi connectivity index (χ2v) is 4.17. The number of hydrogen-bond acceptors (Lipinski definition) is 4. The van der Waals surface area contributed by atoms with Gasteiger partial charge >= 0.3 is 5.97 Å². The zero-order valence-corrected chi connectivity index (χ0v) is 11.9. The summed E-state index contributed by atoms with van der Waals surface area (Å²) in [6, 6.07) is 0. The molecule has 0 spiro atoms. The van der Waals surface area contributed by atoms with Crippen molar-refractivity contribution in [1.29, 1.82) is 0 Å². The van der Waals surface area contributed by atoms with E-state index in [4.69, 9.17) is 11.6 Å². The Morgan fingerprint density at radius 2 is 1.65 bits per heavy atom. The van der Waals surface area contributed by atoms with Gasteiger partial charge in [-0.1, -0.05) is 20.6 Å². The molecule has 1 rings (SSSR count). The Bertz CT molecular complexity index is 663. The zero-order valence-electron chi connectivity index (χ0n) is 11.1. The quantitative estimate of drug-likeness (QED) is 0.0925. The van der Waals surface area contributed by atoms with Crippen molar-refractivity contribution in [2.24, 2.45) is 0 Å². The molecule has 11 heteroatoms. The van der Waals surface area contributed by atoms with Crippen LogP contribution in [0.2, 0.25) is 5.02 Å².